The average molecular weight is 223 g/mol. The minimum atomic E-state index is -3.30. The number of hydrogen-bond acceptors (Lipinski definition) is 4. The number of hydrogen-bond donors (Lipinski definition) is 2. The summed E-state index contributed by atoms with van der Waals surface area (Å²) >= 11 is 0. The second-order valence-electron chi connectivity index (χ2n) is 3.67. The maximum Gasteiger partial charge on any atom is 0.235 e. The first-order valence-corrected chi connectivity index (χ1v) is 6.40. The van der Waals surface area contributed by atoms with E-state index in [0.29, 0.717) is 0 Å². The second kappa shape index (κ2) is 5.31. The molecule has 1 amide bonds. The van der Waals surface area contributed by atoms with E-state index in [1.54, 1.807) is 0 Å². The van der Waals surface area contributed by atoms with Crippen molar-refractivity contribution < 1.29 is 18.3 Å². The van der Waals surface area contributed by atoms with Crippen LogP contribution in [0.25, 0.3) is 0 Å². The van der Waals surface area contributed by atoms with Crippen LogP contribution in [0.5, 0.6) is 0 Å². The zero-order valence-corrected chi connectivity index (χ0v) is 9.47. The highest BCUT2D eigenvalue weighted by Crippen LogP contribution is 2.00. The third kappa shape index (κ3) is 5.93. The van der Waals surface area contributed by atoms with Gasteiger partial charge in [-0.2, -0.15) is 0 Å². The fourth-order valence-electron chi connectivity index (χ4n) is 0.910. The molecule has 0 fully saturated rings. The summed E-state index contributed by atoms with van der Waals surface area (Å²) in [7, 11) is -3.30. The third-order valence-electron chi connectivity index (χ3n) is 1.74. The first-order chi connectivity index (χ1) is 6.26. The topological polar surface area (TPSA) is 83.5 Å². The zero-order chi connectivity index (χ0) is 11.4. The molecule has 0 saturated carbocycles. The Morgan fingerprint density at radius 1 is 1.43 bits per heavy atom. The van der Waals surface area contributed by atoms with Crippen LogP contribution in [0.15, 0.2) is 0 Å². The van der Waals surface area contributed by atoms with Gasteiger partial charge < -0.3 is 10.4 Å². The Hall–Kier alpha value is -0.620. The molecule has 5 nitrogen and oxygen atoms in total. The second-order valence-corrected chi connectivity index (χ2v) is 5.81. The van der Waals surface area contributed by atoms with Crippen molar-refractivity contribution in [1.82, 2.24) is 5.32 Å². The van der Waals surface area contributed by atoms with Gasteiger partial charge in [0.1, 0.15) is 5.75 Å². The summed E-state index contributed by atoms with van der Waals surface area (Å²) in [6.45, 7) is 3.48. The first-order valence-electron chi connectivity index (χ1n) is 4.34. The molecular formula is C8H17NO4S. The number of amides is 1. The van der Waals surface area contributed by atoms with Crippen LogP contribution in [-0.2, 0) is 14.6 Å². The van der Waals surface area contributed by atoms with Gasteiger partial charge in [-0.3, -0.25) is 4.79 Å². The molecule has 0 aromatic rings. The average Bonchev–Trinajstić information content (AvgIpc) is 1.96. The Labute approximate surface area is 84.4 Å². The first kappa shape index (κ1) is 13.4. The predicted molar refractivity (Wildman–Crippen MR) is 53.6 cm³/mol. The monoisotopic (exact) mass is 223 g/mol. The zero-order valence-electron chi connectivity index (χ0n) is 8.65. The molecule has 1 atom stereocenters. The number of sulfone groups is 1. The van der Waals surface area contributed by atoms with Gasteiger partial charge in [0.2, 0.25) is 5.91 Å². The fraction of sp³-hybridized carbons (Fsp3) is 0.875. The molecule has 0 spiro atoms. The quantitative estimate of drug-likeness (QED) is 0.637. The highest BCUT2D eigenvalue weighted by Gasteiger charge is 2.17. The molecule has 84 valence electrons. The molecule has 0 saturated heterocycles. The van der Waals surface area contributed by atoms with Crippen LogP contribution >= 0.6 is 0 Å². The molecule has 1 unspecified atom stereocenters. The molecule has 0 aromatic heterocycles. The highest BCUT2D eigenvalue weighted by molar-refractivity contribution is 7.91. The number of carbonyl (C=O) groups excluding carboxylic acids is 1. The Morgan fingerprint density at radius 3 is 2.21 bits per heavy atom. The van der Waals surface area contributed by atoms with E-state index >= 15 is 0 Å². The minimum Gasteiger partial charge on any atom is -0.394 e. The van der Waals surface area contributed by atoms with Gasteiger partial charge in [0.05, 0.1) is 12.6 Å². The summed E-state index contributed by atoms with van der Waals surface area (Å²) in [4.78, 5) is 11.1. The van der Waals surface area contributed by atoms with Crippen molar-refractivity contribution in [3.63, 3.8) is 0 Å². The summed E-state index contributed by atoms with van der Waals surface area (Å²) in [5, 5.41) is 11.3. The molecule has 0 radical (unpaired) electrons. The van der Waals surface area contributed by atoms with Gasteiger partial charge in [-0.05, 0) is 5.92 Å². The Morgan fingerprint density at radius 2 is 1.93 bits per heavy atom. The summed E-state index contributed by atoms with van der Waals surface area (Å²) in [5.74, 6) is -1.03. The van der Waals surface area contributed by atoms with Crippen molar-refractivity contribution in [3.8, 4) is 0 Å². The molecule has 6 heteroatoms. The van der Waals surface area contributed by atoms with Gasteiger partial charge in [-0.15, -0.1) is 0 Å². The Balaban J connectivity index is 4.18. The summed E-state index contributed by atoms with van der Waals surface area (Å²) in [6.07, 6.45) is 0.996. The third-order valence-corrected chi connectivity index (χ3v) is 2.53. The van der Waals surface area contributed by atoms with Crippen LogP contribution in [0.2, 0.25) is 0 Å². The van der Waals surface area contributed by atoms with Crippen LogP contribution in [0.3, 0.4) is 0 Å². The normalized spacial score (nSPS) is 14.1. The minimum absolute atomic E-state index is 0.0727. The van der Waals surface area contributed by atoms with Gasteiger partial charge in [0.15, 0.2) is 9.84 Å². The van der Waals surface area contributed by atoms with E-state index in [2.05, 4.69) is 5.32 Å². The Kier molecular flexibility index (Phi) is 5.07. The van der Waals surface area contributed by atoms with Crippen LogP contribution in [-0.4, -0.2) is 44.1 Å². The molecule has 2 N–H and O–H groups in total. The summed E-state index contributed by atoms with van der Waals surface area (Å²) in [5.41, 5.74) is 0. The molecular weight excluding hydrogens is 206 g/mol. The van der Waals surface area contributed by atoms with E-state index in [4.69, 9.17) is 5.11 Å². The molecule has 0 bridgehead atoms. The number of nitrogens with one attached hydrogen (secondary N) is 1. The molecule has 0 rings (SSSR count). The number of aliphatic hydroxyl groups excluding tert-OH is 1. The van der Waals surface area contributed by atoms with E-state index in [0.717, 1.165) is 6.26 Å². The van der Waals surface area contributed by atoms with Crippen LogP contribution in [0, 0.1) is 5.92 Å². The highest BCUT2D eigenvalue weighted by atomic mass is 32.2. The molecule has 0 aliphatic heterocycles. The lowest BCUT2D eigenvalue weighted by atomic mass is 10.1. The van der Waals surface area contributed by atoms with Crippen molar-refractivity contribution in [3.05, 3.63) is 0 Å². The lowest BCUT2D eigenvalue weighted by Gasteiger charge is -2.19. The van der Waals surface area contributed by atoms with E-state index in [-0.39, 0.29) is 18.6 Å². The lowest BCUT2D eigenvalue weighted by Crippen LogP contribution is -2.43. The molecule has 0 aromatic carbocycles. The predicted octanol–water partition coefficient (Wildman–Crippen LogP) is -0.836. The number of rotatable bonds is 5. The van der Waals surface area contributed by atoms with E-state index in [1.807, 2.05) is 13.8 Å². The molecule has 14 heavy (non-hydrogen) atoms. The SMILES string of the molecule is CC(C)C(CO)NC(=O)CS(C)(=O)=O. The smallest absolute Gasteiger partial charge is 0.235 e. The van der Waals surface area contributed by atoms with Gasteiger partial charge in [0, 0.05) is 6.26 Å². The Bertz CT molecular complexity index is 284. The maximum absolute atomic E-state index is 11.1. The van der Waals surface area contributed by atoms with Crippen molar-refractivity contribution >= 4 is 15.7 Å². The van der Waals surface area contributed by atoms with E-state index in [9.17, 15) is 13.2 Å². The number of carbonyl (C=O) groups is 1. The maximum atomic E-state index is 11.1. The lowest BCUT2D eigenvalue weighted by molar-refractivity contribution is -0.119. The molecule has 0 heterocycles. The summed E-state index contributed by atoms with van der Waals surface area (Å²) in [6, 6.07) is -0.385. The van der Waals surface area contributed by atoms with Gasteiger partial charge in [-0.25, -0.2) is 8.42 Å². The largest absolute Gasteiger partial charge is 0.394 e. The van der Waals surface area contributed by atoms with Gasteiger partial charge in [0.25, 0.3) is 0 Å². The molecule has 0 aliphatic rings. The fourth-order valence-corrected chi connectivity index (χ4v) is 1.47. The van der Waals surface area contributed by atoms with Gasteiger partial charge >= 0.3 is 0 Å². The van der Waals surface area contributed by atoms with Crippen LogP contribution in [0.1, 0.15) is 13.8 Å². The number of aliphatic hydroxyl groups is 1. The van der Waals surface area contributed by atoms with Gasteiger partial charge in [-0.1, -0.05) is 13.8 Å². The van der Waals surface area contributed by atoms with Crippen molar-refractivity contribution in [2.24, 2.45) is 5.92 Å². The summed E-state index contributed by atoms with van der Waals surface area (Å²) < 4.78 is 21.5. The van der Waals surface area contributed by atoms with Crippen molar-refractivity contribution in [2.75, 3.05) is 18.6 Å². The van der Waals surface area contributed by atoms with Crippen LogP contribution in [0.4, 0.5) is 0 Å². The van der Waals surface area contributed by atoms with Crippen molar-refractivity contribution in [2.45, 2.75) is 19.9 Å². The van der Waals surface area contributed by atoms with E-state index in [1.165, 1.54) is 0 Å². The molecule has 0 aliphatic carbocycles. The van der Waals surface area contributed by atoms with Crippen LogP contribution < -0.4 is 5.32 Å². The standard InChI is InChI=1S/C8H17NO4S/c1-6(2)7(4-10)9-8(11)5-14(3,12)13/h6-7,10H,4-5H2,1-3H3,(H,9,11). The van der Waals surface area contributed by atoms with Crippen molar-refractivity contribution in [1.29, 1.82) is 0 Å². The van der Waals surface area contributed by atoms with E-state index < -0.39 is 21.5 Å².